The van der Waals surface area contributed by atoms with Crippen LogP contribution < -0.4 is 9.80 Å². The third-order valence-corrected chi connectivity index (χ3v) is 5.28. The lowest BCUT2D eigenvalue weighted by molar-refractivity contribution is 0.0980. The van der Waals surface area contributed by atoms with Gasteiger partial charge in [-0.1, -0.05) is 19.1 Å². The van der Waals surface area contributed by atoms with E-state index in [4.69, 9.17) is 0 Å². The first kappa shape index (κ1) is 16.7. The summed E-state index contributed by atoms with van der Waals surface area (Å²) in [5.41, 5.74) is 3.12. The van der Waals surface area contributed by atoms with Crippen LogP contribution in [0.2, 0.25) is 0 Å². The Hall–Kier alpha value is -2.80. The summed E-state index contributed by atoms with van der Waals surface area (Å²) in [6.07, 6.45) is 4.90. The highest BCUT2D eigenvalue weighted by atomic mass is 32.1. The van der Waals surface area contributed by atoms with Crippen LogP contribution in [-0.4, -0.2) is 41.0 Å². The van der Waals surface area contributed by atoms with E-state index in [1.54, 1.807) is 24.0 Å². The summed E-state index contributed by atoms with van der Waals surface area (Å²) < 4.78 is 0. The van der Waals surface area contributed by atoms with Crippen LogP contribution in [0, 0.1) is 5.92 Å². The largest absolute Gasteiger partial charge is 0.373 e. The maximum Gasteiger partial charge on any atom is 0.277 e. The minimum absolute atomic E-state index is 0.0778. The van der Waals surface area contributed by atoms with Crippen molar-refractivity contribution in [1.29, 1.82) is 0 Å². The second-order valence-electron chi connectivity index (χ2n) is 6.52. The van der Waals surface area contributed by atoms with Crippen molar-refractivity contribution in [2.45, 2.75) is 6.92 Å². The van der Waals surface area contributed by atoms with E-state index >= 15 is 0 Å². The normalized spacial score (nSPS) is 16.9. The molecule has 3 heterocycles. The number of nitrogens with zero attached hydrogens (tertiary/aromatic N) is 5. The second-order valence-corrected chi connectivity index (χ2v) is 7.38. The van der Waals surface area contributed by atoms with E-state index in [2.05, 4.69) is 39.9 Å². The molecule has 0 saturated carbocycles. The molecule has 0 fully saturated rings. The average molecular weight is 365 g/mol. The van der Waals surface area contributed by atoms with Gasteiger partial charge in [-0.2, -0.15) is 0 Å². The third-order valence-electron chi connectivity index (χ3n) is 4.41. The van der Waals surface area contributed by atoms with Crippen molar-refractivity contribution in [3.05, 3.63) is 53.9 Å². The predicted octanol–water partition coefficient (Wildman–Crippen LogP) is 3.33. The Bertz CT molecular complexity index is 926. The number of carbonyl (C=O) groups excluding carboxylic acids is 1. The minimum atomic E-state index is -0.0778. The van der Waals surface area contributed by atoms with Gasteiger partial charge in [-0.15, -0.1) is 11.3 Å². The first-order valence-corrected chi connectivity index (χ1v) is 9.35. The number of para-hydroxylation sites is 2. The molecule has 4 rings (SSSR count). The van der Waals surface area contributed by atoms with Gasteiger partial charge in [0.2, 0.25) is 0 Å². The van der Waals surface area contributed by atoms with Crippen molar-refractivity contribution in [1.82, 2.24) is 15.0 Å². The van der Waals surface area contributed by atoms with Crippen molar-refractivity contribution in [3.8, 4) is 10.7 Å². The van der Waals surface area contributed by atoms with Gasteiger partial charge in [-0.3, -0.25) is 14.8 Å². The van der Waals surface area contributed by atoms with Gasteiger partial charge < -0.3 is 9.80 Å². The fourth-order valence-electron chi connectivity index (χ4n) is 3.28. The molecular formula is C19H19N5OS. The summed E-state index contributed by atoms with van der Waals surface area (Å²) in [6, 6.07) is 8.02. The molecule has 6 nitrogen and oxygen atoms in total. The quantitative estimate of drug-likeness (QED) is 0.697. The van der Waals surface area contributed by atoms with Crippen molar-refractivity contribution >= 4 is 28.6 Å². The molecule has 0 bridgehead atoms. The fraction of sp³-hybridized carbons (Fsp3) is 0.263. The number of hydrogen-bond donors (Lipinski definition) is 0. The molecule has 132 valence electrons. The number of aromatic nitrogens is 3. The van der Waals surface area contributed by atoms with E-state index < -0.39 is 0 Å². The van der Waals surface area contributed by atoms with Gasteiger partial charge in [0.05, 0.1) is 17.6 Å². The van der Waals surface area contributed by atoms with Crippen LogP contribution in [0.3, 0.4) is 0 Å². The van der Waals surface area contributed by atoms with E-state index in [0.29, 0.717) is 28.9 Å². The Morgan fingerprint density at radius 3 is 2.77 bits per heavy atom. The van der Waals surface area contributed by atoms with Gasteiger partial charge in [-0.05, 0) is 18.1 Å². The number of thiazole rings is 1. The monoisotopic (exact) mass is 365 g/mol. The summed E-state index contributed by atoms with van der Waals surface area (Å²) in [6.45, 7) is 3.73. The third kappa shape index (κ3) is 3.06. The van der Waals surface area contributed by atoms with Gasteiger partial charge in [0.25, 0.3) is 5.91 Å². The predicted molar refractivity (Wildman–Crippen MR) is 104 cm³/mol. The van der Waals surface area contributed by atoms with Crippen LogP contribution in [0.15, 0.2) is 48.2 Å². The molecule has 7 heteroatoms. The number of amides is 1. The summed E-state index contributed by atoms with van der Waals surface area (Å²) in [5.74, 6) is 0.278. The smallest absolute Gasteiger partial charge is 0.277 e. The molecule has 1 aliphatic heterocycles. The molecule has 0 saturated heterocycles. The highest BCUT2D eigenvalue weighted by molar-refractivity contribution is 7.13. The zero-order valence-electron chi connectivity index (χ0n) is 14.7. The highest BCUT2D eigenvalue weighted by Crippen LogP contribution is 2.34. The van der Waals surface area contributed by atoms with Crippen LogP contribution in [0.25, 0.3) is 10.7 Å². The lowest BCUT2D eigenvalue weighted by Crippen LogP contribution is -2.35. The molecule has 0 aliphatic carbocycles. The average Bonchev–Trinajstić information content (AvgIpc) is 3.12. The number of fused-ring (bicyclic) bond motifs is 1. The Morgan fingerprint density at radius 1 is 1.19 bits per heavy atom. The molecule has 0 N–H and O–H groups in total. The fourth-order valence-corrected chi connectivity index (χ4v) is 4.03. The van der Waals surface area contributed by atoms with Crippen molar-refractivity contribution in [2.75, 3.05) is 29.9 Å². The Kier molecular flexibility index (Phi) is 4.38. The van der Waals surface area contributed by atoms with Crippen LogP contribution in [0.1, 0.15) is 17.4 Å². The van der Waals surface area contributed by atoms with Crippen LogP contribution in [0.5, 0.6) is 0 Å². The maximum absolute atomic E-state index is 13.2. The molecule has 1 atom stereocenters. The first-order valence-electron chi connectivity index (χ1n) is 8.47. The maximum atomic E-state index is 13.2. The van der Waals surface area contributed by atoms with Gasteiger partial charge in [0, 0.05) is 37.9 Å². The molecule has 2 aromatic heterocycles. The van der Waals surface area contributed by atoms with Crippen molar-refractivity contribution in [2.24, 2.45) is 5.92 Å². The minimum Gasteiger partial charge on any atom is -0.373 e. The highest BCUT2D eigenvalue weighted by Gasteiger charge is 2.28. The lowest BCUT2D eigenvalue weighted by atomic mass is 10.1. The van der Waals surface area contributed by atoms with E-state index in [1.165, 1.54) is 11.3 Å². The van der Waals surface area contributed by atoms with Gasteiger partial charge >= 0.3 is 0 Å². The molecule has 0 spiro atoms. The number of hydrogen-bond acceptors (Lipinski definition) is 6. The van der Waals surface area contributed by atoms with Crippen molar-refractivity contribution in [3.63, 3.8) is 0 Å². The number of benzene rings is 1. The zero-order chi connectivity index (χ0) is 18.1. The van der Waals surface area contributed by atoms with E-state index in [-0.39, 0.29) is 5.91 Å². The van der Waals surface area contributed by atoms with E-state index in [9.17, 15) is 4.79 Å². The Morgan fingerprint density at radius 2 is 2.00 bits per heavy atom. The summed E-state index contributed by atoms with van der Waals surface area (Å²) in [4.78, 5) is 30.1. The summed E-state index contributed by atoms with van der Waals surface area (Å²) in [7, 11) is 2.07. The Labute approximate surface area is 156 Å². The van der Waals surface area contributed by atoms with Gasteiger partial charge in [-0.25, -0.2) is 4.98 Å². The first-order chi connectivity index (χ1) is 12.6. The topological polar surface area (TPSA) is 62.2 Å². The molecule has 0 radical (unpaired) electrons. The summed E-state index contributed by atoms with van der Waals surface area (Å²) in [5, 5.41) is 2.50. The summed E-state index contributed by atoms with van der Waals surface area (Å²) >= 11 is 1.41. The van der Waals surface area contributed by atoms with Gasteiger partial charge in [0.15, 0.2) is 0 Å². The number of carbonyl (C=O) groups is 1. The standard InChI is InChI=1S/C19H19N5OS/c1-13-10-23(2)16-5-3-4-6-17(16)24(11-13)19(25)15-12-26-18(22-15)14-9-20-7-8-21-14/h3-9,12-13H,10-11H2,1-2H3/t13-/m1/s1. The molecule has 26 heavy (non-hydrogen) atoms. The Balaban J connectivity index is 1.69. The van der Waals surface area contributed by atoms with Gasteiger partial charge in [0.1, 0.15) is 16.4 Å². The van der Waals surface area contributed by atoms with E-state index in [0.717, 1.165) is 17.9 Å². The zero-order valence-corrected chi connectivity index (χ0v) is 15.5. The molecule has 3 aromatic rings. The SMILES string of the molecule is C[C@@H]1CN(C)c2ccccc2N(C(=O)c2csc(-c3cnccn3)n2)C1. The van der Waals surface area contributed by atoms with Crippen LogP contribution >= 0.6 is 11.3 Å². The molecule has 1 amide bonds. The molecule has 1 aliphatic rings. The molecule has 1 aromatic carbocycles. The van der Waals surface area contributed by atoms with Crippen LogP contribution in [0.4, 0.5) is 11.4 Å². The second kappa shape index (κ2) is 6.84. The molecule has 0 unspecified atom stereocenters. The lowest BCUT2D eigenvalue weighted by Gasteiger charge is -2.23. The van der Waals surface area contributed by atoms with Crippen molar-refractivity contribution < 1.29 is 4.79 Å². The number of anilines is 2. The number of rotatable bonds is 2. The van der Waals surface area contributed by atoms with Crippen LogP contribution in [-0.2, 0) is 0 Å². The van der Waals surface area contributed by atoms with E-state index in [1.807, 2.05) is 23.1 Å². The molecular weight excluding hydrogens is 346 g/mol.